The predicted octanol–water partition coefficient (Wildman–Crippen LogP) is 5.26. The fourth-order valence-corrected chi connectivity index (χ4v) is 5.66. The number of halogens is 3. The Hall–Kier alpha value is -4.54. The average Bonchev–Trinajstić information content (AvgIpc) is 3.24. The number of nitrogens with one attached hydrogen (secondary N) is 2. The minimum Gasteiger partial charge on any atom is -0.348 e. The lowest BCUT2D eigenvalue weighted by Gasteiger charge is -2.43. The molecule has 3 aromatic carbocycles. The summed E-state index contributed by atoms with van der Waals surface area (Å²) in [6.45, 7) is 2.42. The van der Waals surface area contributed by atoms with Crippen LogP contribution in [0.2, 0.25) is 0 Å². The van der Waals surface area contributed by atoms with E-state index in [4.69, 9.17) is 0 Å². The van der Waals surface area contributed by atoms with E-state index < -0.39 is 23.3 Å². The van der Waals surface area contributed by atoms with Crippen LogP contribution in [0.25, 0.3) is 0 Å². The van der Waals surface area contributed by atoms with Gasteiger partial charge in [-0.15, -0.1) is 0 Å². The van der Waals surface area contributed by atoms with Gasteiger partial charge in [0.05, 0.1) is 18.3 Å². The second-order valence-corrected chi connectivity index (χ2v) is 10.6. The van der Waals surface area contributed by atoms with Crippen LogP contribution in [0, 0.1) is 0 Å². The molecule has 11 heteroatoms. The van der Waals surface area contributed by atoms with E-state index in [2.05, 4.69) is 10.6 Å². The maximum atomic E-state index is 13.9. The van der Waals surface area contributed by atoms with E-state index in [1.165, 1.54) is 17.0 Å². The number of piperidine rings is 1. The molecule has 2 N–H and O–H groups in total. The summed E-state index contributed by atoms with van der Waals surface area (Å²) >= 11 is 0. The molecule has 0 saturated carbocycles. The van der Waals surface area contributed by atoms with Gasteiger partial charge < -0.3 is 25.3 Å². The maximum Gasteiger partial charge on any atom is 0.416 e. The summed E-state index contributed by atoms with van der Waals surface area (Å²) in [7, 11) is 0. The molecule has 0 bridgehead atoms. The van der Waals surface area contributed by atoms with E-state index in [9.17, 15) is 27.6 Å². The summed E-state index contributed by atoms with van der Waals surface area (Å²) in [5.41, 5.74) is 0.0137. The summed E-state index contributed by atoms with van der Waals surface area (Å²) < 4.78 is 39.3. The fraction of sp³-hybridized carbons (Fsp3) is 0.323. The first kappa shape index (κ1) is 29.0. The molecule has 220 valence electrons. The Kier molecular flexibility index (Phi) is 8.11. The number of alkyl halides is 3. The fourth-order valence-electron chi connectivity index (χ4n) is 5.66. The van der Waals surface area contributed by atoms with Crippen LogP contribution < -0.4 is 15.5 Å². The molecule has 4 amide bonds. The summed E-state index contributed by atoms with van der Waals surface area (Å²) in [6, 6.07) is 22.7. The Balaban J connectivity index is 1.28. The van der Waals surface area contributed by atoms with Crippen LogP contribution in [0.15, 0.2) is 84.9 Å². The molecule has 0 radical (unpaired) electrons. The Labute approximate surface area is 242 Å². The van der Waals surface area contributed by atoms with Gasteiger partial charge in [-0.3, -0.25) is 9.59 Å². The summed E-state index contributed by atoms with van der Waals surface area (Å²) in [6.07, 6.45) is -3.92. The summed E-state index contributed by atoms with van der Waals surface area (Å²) in [5, 5.41) is 5.51. The second-order valence-electron chi connectivity index (χ2n) is 10.6. The summed E-state index contributed by atoms with van der Waals surface area (Å²) in [5.74, 6) is -0.463. The molecular formula is C31H32F3N5O3. The van der Waals surface area contributed by atoms with Crippen molar-refractivity contribution in [3.05, 3.63) is 96.1 Å². The molecule has 0 unspecified atom stereocenters. The Morgan fingerprint density at radius 1 is 0.929 bits per heavy atom. The van der Waals surface area contributed by atoms with Gasteiger partial charge in [0.1, 0.15) is 12.1 Å². The zero-order valence-corrected chi connectivity index (χ0v) is 23.1. The number of urea groups is 1. The predicted molar refractivity (Wildman–Crippen MR) is 153 cm³/mol. The zero-order chi connectivity index (χ0) is 29.9. The Morgan fingerprint density at radius 3 is 2.21 bits per heavy atom. The number of hydrogen-bond donors (Lipinski definition) is 2. The molecule has 1 atom stereocenters. The highest BCUT2D eigenvalue weighted by atomic mass is 19.4. The molecule has 2 saturated heterocycles. The van der Waals surface area contributed by atoms with Gasteiger partial charge in [-0.05, 0) is 55.7 Å². The molecule has 2 heterocycles. The molecular weight excluding hydrogens is 547 g/mol. The van der Waals surface area contributed by atoms with Crippen molar-refractivity contribution < 1.29 is 27.6 Å². The van der Waals surface area contributed by atoms with Crippen LogP contribution in [-0.2, 0) is 15.8 Å². The molecule has 2 aliphatic heterocycles. The zero-order valence-electron chi connectivity index (χ0n) is 23.1. The lowest BCUT2D eigenvalue weighted by Crippen LogP contribution is -2.58. The number of nitrogens with zero attached hydrogens (tertiary/aromatic N) is 3. The third-order valence-electron chi connectivity index (χ3n) is 7.91. The smallest absolute Gasteiger partial charge is 0.348 e. The first-order valence-electron chi connectivity index (χ1n) is 13.8. The van der Waals surface area contributed by atoms with Crippen molar-refractivity contribution in [1.29, 1.82) is 0 Å². The molecule has 0 aromatic heterocycles. The largest absolute Gasteiger partial charge is 0.416 e. The van der Waals surface area contributed by atoms with Gasteiger partial charge in [0.25, 0.3) is 5.91 Å². The second kappa shape index (κ2) is 11.8. The average molecular weight is 580 g/mol. The standard InChI is InChI=1S/C31H32F3N5O3/c1-22(23-9-4-2-5-10-23)35-27(40)20-38-21-39(26-13-6-3-7-14-26)30(28(38)41)15-17-37(18-16-30)29(42)36-25-12-8-11-24(19-25)31(32,33)34/h2-14,19,22H,15-18,20-21H2,1H3,(H,35,40)(H,36,42)/t22-/m0/s1. The van der Waals surface area contributed by atoms with Crippen molar-refractivity contribution in [2.24, 2.45) is 0 Å². The van der Waals surface area contributed by atoms with Gasteiger partial charge in [0, 0.05) is 24.5 Å². The van der Waals surface area contributed by atoms with Crippen molar-refractivity contribution in [2.45, 2.75) is 37.5 Å². The topological polar surface area (TPSA) is 85.0 Å². The molecule has 2 aliphatic rings. The molecule has 3 aromatic rings. The molecule has 5 rings (SSSR count). The first-order chi connectivity index (χ1) is 20.1. The van der Waals surface area contributed by atoms with Crippen molar-refractivity contribution >= 4 is 29.2 Å². The number of hydrogen-bond acceptors (Lipinski definition) is 4. The lowest BCUT2D eigenvalue weighted by molar-refractivity contribution is -0.137. The first-order valence-corrected chi connectivity index (χ1v) is 13.8. The van der Waals surface area contributed by atoms with Gasteiger partial charge in [-0.25, -0.2) is 4.79 Å². The number of likely N-dealkylation sites (tertiary alicyclic amines) is 1. The minimum absolute atomic E-state index is 0.0416. The highest BCUT2D eigenvalue weighted by Gasteiger charge is 2.54. The van der Waals surface area contributed by atoms with E-state index >= 15 is 0 Å². The lowest BCUT2D eigenvalue weighted by atomic mass is 9.85. The number of rotatable bonds is 6. The molecule has 42 heavy (non-hydrogen) atoms. The molecule has 2 fully saturated rings. The van der Waals surface area contributed by atoms with E-state index in [0.29, 0.717) is 12.8 Å². The monoisotopic (exact) mass is 579 g/mol. The summed E-state index contributed by atoms with van der Waals surface area (Å²) in [4.78, 5) is 44.9. The number of amides is 4. The van der Waals surface area contributed by atoms with Crippen LogP contribution in [-0.4, -0.2) is 59.5 Å². The van der Waals surface area contributed by atoms with Gasteiger partial charge >= 0.3 is 12.2 Å². The van der Waals surface area contributed by atoms with Crippen LogP contribution in [0.1, 0.15) is 36.9 Å². The minimum atomic E-state index is -4.52. The third-order valence-corrected chi connectivity index (χ3v) is 7.91. The van der Waals surface area contributed by atoms with Crippen LogP contribution in [0.4, 0.5) is 29.3 Å². The molecule has 0 aliphatic carbocycles. The quantitative estimate of drug-likeness (QED) is 0.418. The van der Waals surface area contributed by atoms with Crippen molar-refractivity contribution in [3.8, 4) is 0 Å². The van der Waals surface area contributed by atoms with E-state index in [1.54, 1.807) is 4.90 Å². The SMILES string of the molecule is C[C@H](NC(=O)CN1CN(c2ccccc2)C2(CCN(C(=O)Nc3cccc(C(F)(F)F)c3)CC2)C1=O)c1ccccc1. The van der Waals surface area contributed by atoms with E-state index in [1.807, 2.05) is 72.5 Å². The van der Waals surface area contributed by atoms with Crippen LogP contribution in [0.5, 0.6) is 0 Å². The molecule has 1 spiro atoms. The van der Waals surface area contributed by atoms with E-state index in [0.717, 1.165) is 23.4 Å². The highest BCUT2D eigenvalue weighted by Crippen LogP contribution is 2.39. The number of carbonyl (C=O) groups is 3. The van der Waals surface area contributed by atoms with Gasteiger partial charge in [0.2, 0.25) is 5.91 Å². The van der Waals surface area contributed by atoms with Gasteiger partial charge in [-0.2, -0.15) is 13.2 Å². The highest BCUT2D eigenvalue weighted by molar-refractivity contribution is 5.97. The Bertz CT molecular complexity index is 1430. The van der Waals surface area contributed by atoms with Gasteiger partial charge in [0.15, 0.2) is 0 Å². The normalized spacial score (nSPS) is 17.3. The van der Waals surface area contributed by atoms with Crippen molar-refractivity contribution in [3.63, 3.8) is 0 Å². The van der Waals surface area contributed by atoms with Crippen LogP contribution >= 0.6 is 0 Å². The molecule has 8 nitrogen and oxygen atoms in total. The van der Waals surface area contributed by atoms with Crippen molar-refractivity contribution in [1.82, 2.24) is 15.1 Å². The maximum absolute atomic E-state index is 13.9. The number of benzene rings is 3. The van der Waals surface area contributed by atoms with Gasteiger partial charge in [-0.1, -0.05) is 54.6 Å². The Morgan fingerprint density at radius 2 is 1.57 bits per heavy atom. The van der Waals surface area contributed by atoms with E-state index in [-0.39, 0.29) is 49.8 Å². The number of para-hydroxylation sites is 1. The number of carbonyl (C=O) groups excluding carboxylic acids is 3. The third kappa shape index (κ3) is 6.05. The van der Waals surface area contributed by atoms with Crippen LogP contribution in [0.3, 0.4) is 0 Å². The van der Waals surface area contributed by atoms with Crippen molar-refractivity contribution in [2.75, 3.05) is 36.5 Å². The number of anilines is 2.